The summed E-state index contributed by atoms with van der Waals surface area (Å²) in [5, 5.41) is 12.5. The molecule has 1 aromatic heterocycles. The molecule has 1 aliphatic carbocycles. The zero-order valence-corrected chi connectivity index (χ0v) is 23.5. The molecule has 5 rings (SSSR count). The number of piperidine rings is 1. The van der Waals surface area contributed by atoms with Crippen LogP contribution in [0.2, 0.25) is 0 Å². The van der Waals surface area contributed by atoms with Crippen molar-refractivity contribution >= 4 is 33.3 Å². The first-order valence-electron chi connectivity index (χ1n) is 13.9. The Labute approximate surface area is 230 Å². The molecule has 10 nitrogen and oxygen atoms in total. The maximum atomic E-state index is 13.6. The van der Waals surface area contributed by atoms with E-state index in [9.17, 15) is 18.3 Å². The van der Waals surface area contributed by atoms with Crippen LogP contribution < -0.4 is 19.8 Å². The van der Waals surface area contributed by atoms with Crippen molar-refractivity contribution in [2.45, 2.75) is 63.0 Å². The van der Waals surface area contributed by atoms with Crippen LogP contribution in [0.3, 0.4) is 0 Å². The Kier molecular flexibility index (Phi) is 8.14. The molecule has 3 fully saturated rings. The fourth-order valence-corrected chi connectivity index (χ4v) is 6.78. The van der Waals surface area contributed by atoms with Crippen LogP contribution >= 0.6 is 0 Å². The van der Waals surface area contributed by atoms with E-state index in [1.165, 1.54) is 18.9 Å². The van der Waals surface area contributed by atoms with E-state index in [2.05, 4.69) is 24.8 Å². The second kappa shape index (κ2) is 11.4. The number of hydrogen-bond donors (Lipinski definition) is 3. The topological polar surface area (TPSA) is 124 Å². The first kappa shape index (κ1) is 27.8. The number of hydrogen-bond acceptors (Lipinski definition) is 8. The molecule has 212 valence electrons. The van der Waals surface area contributed by atoms with Crippen molar-refractivity contribution in [2.75, 3.05) is 54.5 Å². The lowest BCUT2D eigenvalue weighted by Crippen LogP contribution is -2.41. The number of aliphatic hydroxyl groups excluding tert-OH is 1. The molecule has 2 aliphatic heterocycles. The minimum Gasteiger partial charge on any atom is -0.395 e. The highest BCUT2D eigenvalue weighted by Crippen LogP contribution is 2.54. The van der Waals surface area contributed by atoms with Crippen LogP contribution in [0.1, 0.15) is 56.3 Å². The summed E-state index contributed by atoms with van der Waals surface area (Å²) in [5.74, 6) is 0.872. The minimum absolute atomic E-state index is 0.0780. The van der Waals surface area contributed by atoms with E-state index in [0.717, 1.165) is 44.8 Å². The Balaban J connectivity index is 1.41. The number of carbonyl (C=O) groups excluding carboxylic acids is 1. The number of carbonyl (C=O) groups is 1. The molecule has 0 radical (unpaired) electrons. The van der Waals surface area contributed by atoms with Gasteiger partial charge in [-0.1, -0.05) is 13.0 Å². The number of morpholine rings is 1. The number of aromatic nitrogens is 1. The molecule has 2 aromatic rings. The molecule has 2 saturated heterocycles. The van der Waals surface area contributed by atoms with E-state index in [4.69, 9.17) is 4.74 Å². The molecule has 1 amide bonds. The normalized spacial score (nSPS) is 21.6. The SMILES string of the molecule is CCC(CO)NS(=O)(=O)c1ccc(C(=O)Nc2cccc(N3CCO[C@H](C)C3)n2)c(N2CCC3(CC2)CC3)c1. The predicted octanol–water partition coefficient (Wildman–Crippen LogP) is 2.99. The van der Waals surface area contributed by atoms with Crippen LogP contribution in [0.5, 0.6) is 0 Å². The van der Waals surface area contributed by atoms with Crippen LogP contribution in [-0.4, -0.2) is 76.0 Å². The standard InChI is InChI=1S/C28H39N5O5S/c1-3-21(19-34)31-39(36,37)22-7-8-23(24(17-22)32-13-11-28(9-10-28)12-14-32)27(35)30-25-5-4-6-26(29-25)33-15-16-38-20(2)18-33/h4-8,17,20-21,31,34H,3,9-16,18-19H2,1-2H3,(H,29,30,35)/t20-,21?/m1/s1. The first-order chi connectivity index (χ1) is 18.7. The zero-order chi connectivity index (χ0) is 27.6. The molecule has 11 heteroatoms. The molecule has 1 saturated carbocycles. The molecule has 3 heterocycles. The second-order valence-corrected chi connectivity index (χ2v) is 12.8. The van der Waals surface area contributed by atoms with Crippen molar-refractivity contribution in [1.82, 2.24) is 9.71 Å². The van der Waals surface area contributed by atoms with Crippen molar-refractivity contribution < 1.29 is 23.1 Å². The van der Waals surface area contributed by atoms with E-state index in [-0.39, 0.29) is 23.5 Å². The van der Waals surface area contributed by atoms with Gasteiger partial charge in [0.2, 0.25) is 10.0 Å². The number of sulfonamides is 1. The van der Waals surface area contributed by atoms with E-state index in [1.54, 1.807) is 18.2 Å². The van der Waals surface area contributed by atoms with Gasteiger partial charge < -0.3 is 25.0 Å². The van der Waals surface area contributed by atoms with Gasteiger partial charge in [-0.2, -0.15) is 0 Å². The van der Waals surface area contributed by atoms with Gasteiger partial charge >= 0.3 is 0 Å². The van der Waals surface area contributed by atoms with Gasteiger partial charge in [-0.05, 0) is 74.8 Å². The van der Waals surface area contributed by atoms with E-state index >= 15 is 0 Å². The van der Waals surface area contributed by atoms with Gasteiger partial charge in [0.25, 0.3) is 5.91 Å². The number of aliphatic hydroxyl groups is 1. The third-order valence-corrected chi connectivity index (χ3v) is 9.74. The average molecular weight is 558 g/mol. The van der Waals surface area contributed by atoms with Crippen molar-refractivity contribution in [3.63, 3.8) is 0 Å². The van der Waals surface area contributed by atoms with Crippen molar-refractivity contribution in [1.29, 1.82) is 0 Å². The number of anilines is 3. The minimum atomic E-state index is -3.88. The summed E-state index contributed by atoms with van der Waals surface area (Å²) in [7, 11) is -3.88. The summed E-state index contributed by atoms with van der Waals surface area (Å²) in [4.78, 5) is 22.6. The second-order valence-electron chi connectivity index (χ2n) is 11.0. The summed E-state index contributed by atoms with van der Waals surface area (Å²) in [6, 6.07) is 9.59. The van der Waals surface area contributed by atoms with Crippen LogP contribution in [0.25, 0.3) is 0 Å². The Bertz CT molecular complexity index is 1280. The molecule has 3 N–H and O–H groups in total. The number of ether oxygens (including phenoxy) is 1. The van der Waals surface area contributed by atoms with Crippen LogP contribution in [0.4, 0.5) is 17.3 Å². The Hall–Kier alpha value is -2.73. The fourth-order valence-electron chi connectivity index (χ4n) is 5.45. The van der Waals surface area contributed by atoms with Crippen molar-refractivity contribution in [3.05, 3.63) is 42.0 Å². The third-order valence-electron chi connectivity index (χ3n) is 8.22. The predicted molar refractivity (Wildman–Crippen MR) is 151 cm³/mol. The Morgan fingerprint density at radius 3 is 2.59 bits per heavy atom. The molecule has 1 spiro atoms. The number of pyridine rings is 1. The summed E-state index contributed by atoms with van der Waals surface area (Å²) in [5.41, 5.74) is 1.43. The largest absolute Gasteiger partial charge is 0.395 e. The highest BCUT2D eigenvalue weighted by molar-refractivity contribution is 7.89. The molecule has 1 aromatic carbocycles. The average Bonchev–Trinajstić information content (AvgIpc) is 3.70. The lowest BCUT2D eigenvalue weighted by Gasteiger charge is -2.35. The van der Waals surface area contributed by atoms with E-state index in [0.29, 0.717) is 35.5 Å². The van der Waals surface area contributed by atoms with Gasteiger partial charge in [-0.25, -0.2) is 18.1 Å². The van der Waals surface area contributed by atoms with Gasteiger partial charge in [0, 0.05) is 32.2 Å². The zero-order valence-electron chi connectivity index (χ0n) is 22.7. The smallest absolute Gasteiger partial charge is 0.258 e. The third kappa shape index (κ3) is 6.37. The molecule has 2 atom stereocenters. The van der Waals surface area contributed by atoms with Gasteiger partial charge in [0.05, 0.1) is 35.5 Å². The monoisotopic (exact) mass is 557 g/mol. The van der Waals surface area contributed by atoms with Crippen LogP contribution in [-0.2, 0) is 14.8 Å². The maximum Gasteiger partial charge on any atom is 0.258 e. The van der Waals surface area contributed by atoms with Crippen molar-refractivity contribution in [3.8, 4) is 0 Å². The van der Waals surface area contributed by atoms with Crippen LogP contribution in [0.15, 0.2) is 41.3 Å². The van der Waals surface area contributed by atoms with Crippen LogP contribution in [0, 0.1) is 5.41 Å². The number of nitrogens with zero attached hydrogens (tertiary/aromatic N) is 3. The number of amides is 1. The first-order valence-corrected chi connectivity index (χ1v) is 15.4. The number of rotatable bonds is 9. The van der Waals surface area contributed by atoms with Gasteiger partial charge in [0.1, 0.15) is 11.6 Å². The summed E-state index contributed by atoms with van der Waals surface area (Å²) in [6.45, 7) is 7.18. The quantitative estimate of drug-likeness (QED) is 0.430. The highest BCUT2D eigenvalue weighted by Gasteiger charge is 2.44. The lowest BCUT2D eigenvalue weighted by molar-refractivity contribution is 0.0529. The Morgan fingerprint density at radius 1 is 1.15 bits per heavy atom. The number of nitrogens with one attached hydrogen (secondary N) is 2. The van der Waals surface area contributed by atoms with E-state index in [1.807, 2.05) is 26.0 Å². The van der Waals surface area contributed by atoms with Gasteiger partial charge in [0.15, 0.2) is 0 Å². The Morgan fingerprint density at radius 2 is 1.92 bits per heavy atom. The van der Waals surface area contributed by atoms with Crippen molar-refractivity contribution in [2.24, 2.45) is 5.41 Å². The maximum absolute atomic E-state index is 13.6. The highest BCUT2D eigenvalue weighted by atomic mass is 32.2. The number of benzene rings is 1. The summed E-state index contributed by atoms with van der Waals surface area (Å²) < 4.78 is 34.5. The molecule has 39 heavy (non-hydrogen) atoms. The molecular weight excluding hydrogens is 518 g/mol. The van der Waals surface area contributed by atoms with Gasteiger partial charge in [-0.15, -0.1) is 0 Å². The molecule has 0 bridgehead atoms. The molecular formula is C28H39N5O5S. The van der Waals surface area contributed by atoms with Gasteiger partial charge in [-0.3, -0.25) is 4.79 Å². The van der Waals surface area contributed by atoms with E-state index < -0.39 is 16.1 Å². The summed E-state index contributed by atoms with van der Waals surface area (Å²) in [6.07, 6.45) is 5.13. The molecule has 3 aliphatic rings. The fraction of sp³-hybridized carbons (Fsp3) is 0.571. The summed E-state index contributed by atoms with van der Waals surface area (Å²) >= 11 is 0. The molecule has 1 unspecified atom stereocenters. The lowest BCUT2D eigenvalue weighted by atomic mass is 9.93.